The van der Waals surface area contributed by atoms with Crippen LogP contribution in [0, 0.1) is 0 Å². The first-order valence-electron chi connectivity index (χ1n) is 9.71. The molecule has 3 rings (SSSR count). The topological polar surface area (TPSA) is 101 Å². The maximum Gasteiger partial charge on any atom is 0.242 e. The molecule has 156 valence electrons. The first kappa shape index (κ1) is 21.1. The number of nitrogens with zero attached hydrogens (tertiary/aromatic N) is 1. The zero-order valence-corrected chi connectivity index (χ0v) is 17.8. The number of nitrogens with one attached hydrogen (secondary N) is 1. The van der Waals surface area contributed by atoms with Gasteiger partial charge in [0.1, 0.15) is 0 Å². The van der Waals surface area contributed by atoms with E-state index >= 15 is 0 Å². The molecule has 0 aromatic heterocycles. The summed E-state index contributed by atoms with van der Waals surface area (Å²) in [5.41, 5.74) is 0.555. The molecule has 1 saturated carbocycles. The number of sulfone groups is 2. The lowest BCUT2D eigenvalue weighted by atomic mass is 9.93. The van der Waals surface area contributed by atoms with E-state index in [-0.39, 0.29) is 40.9 Å². The van der Waals surface area contributed by atoms with Gasteiger partial charge < -0.3 is 10.2 Å². The van der Waals surface area contributed by atoms with Gasteiger partial charge in [-0.15, -0.1) is 0 Å². The van der Waals surface area contributed by atoms with Gasteiger partial charge in [0.15, 0.2) is 19.7 Å². The molecule has 1 aliphatic heterocycles. The Balaban J connectivity index is 1.72. The van der Waals surface area contributed by atoms with Gasteiger partial charge in [-0.25, -0.2) is 16.8 Å². The molecular formula is C19H28N2O5S2. The quantitative estimate of drug-likeness (QED) is 0.742. The molecule has 1 aliphatic carbocycles. The Morgan fingerprint density at radius 2 is 1.86 bits per heavy atom. The fourth-order valence-electron chi connectivity index (χ4n) is 4.17. The molecule has 1 atom stereocenters. The van der Waals surface area contributed by atoms with Crippen molar-refractivity contribution in [3.05, 3.63) is 24.3 Å². The molecule has 1 N–H and O–H groups in total. The van der Waals surface area contributed by atoms with E-state index in [4.69, 9.17) is 0 Å². The summed E-state index contributed by atoms with van der Waals surface area (Å²) in [6, 6.07) is 6.19. The van der Waals surface area contributed by atoms with Crippen LogP contribution in [-0.2, 0) is 24.5 Å². The Bertz CT molecular complexity index is 921. The summed E-state index contributed by atoms with van der Waals surface area (Å²) in [5.74, 6) is 0.0512. The highest BCUT2D eigenvalue weighted by molar-refractivity contribution is 7.91. The van der Waals surface area contributed by atoms with Crippen LogP contribution in [0.1, 0.15) is 38.5 Å². The summed E-state index contributed by atoms with van der Waals surface area (Å²) in [6.07, 6.45) is 6.71. The van der Waals surface area contributed by atoms with Crippen LogP contribution in [-0.4, -0.2) is 64.0 Å². The van der Waals surface area contributed by atoms with E-state index < -0.39 is 19.7 Å². The average molecular weight is 429 g/mol. The lowest BCUT2D eigenvalue weighted by molar-refractivity contribution is -0.134. The molecule has 0 radical (unpaired) electrons. The lowest BCUT2D eigenvalue weighted by Gasteiger charge is -2.38. The predicted octanol–water partition coefficient (Wildman–Crippen LogP) is 1.85. The standard InChI is InChI=1S/C19H28N2O5S2/c1-27(23,24)18-9-5-6-15(12-18)20-13-19(22)21(16-7-3-2-4-8-16)17-10-11-28(25,26)14-17/h5-6,9,12,16-17,20H,2-4,7-8,10-11,13-14H2,1H3. The van der Waals surface area contributed by atoms with Gasteiger partial charge in [0.25, 0.3) is 0 Å². The molecule has 7 nitrogen and oxygen atoms in total. The van der Waals surface area contributed by atoms with Gasteiger partial charge in [-0.2, -0.15) is 0 Å². The number of carbonyl (C=O) groups is 1. The second kappa shape index (κ2) is 8.41. The van der Waals surface area contributed by atoms with Crippen LogP contribution in [0.4, 0.5) is 5.69 Å². The zero-order valence-electron chi connectivity index (χ0n) is 16.1. The maximum atomic E-state index is 13.0. The van der Waals surface area contributed by atoms with Crippen LogP contribution in [0.25, 0.3) is 0 Å². The van der Waals surface area contributed by atoms with E-state index in [2.05, 4.69) is 5.32 Å². The van der Waals surface area contributed by atoms with Crippen molar-refractivity contribution in [1.82, 2.24) is 4.90 Å². The summed E-state index contributed by atoms with van der Waals surface area (Å²) >= 11 is 0. The Kier molecular flexibility index (Phi) is 6.34. The fraction of sp³-hybridized carbons (Fsp3) is 0.632. The Labute approximate surface area is 167 Å². The third kappa shape index (κ3) is 5.26. The minimum Gasteiger partial charge on any atom is -0.376 e. The first-order valence-corrected chi connectivity index (χ1v) is 13.4. The smallest absolute Gasteiger partial charge is 0.242 e. The SMILES string of the molecule is CS(=O)(=O)c1cccc(NCC(=O)N(C2CCCCC2)C2CCS(=O)(=O)C2)c1. The largest absolute Gasteiger partial charge is 0.376 e. The number of benzene rings is 1. The molecule has 1 aromatic rings. The molecule has 0 bridgehead atoms. The Morgan fingerprint density at radius 1 is 1.14 bits per heavy atom. The van der Waals surface area contributed by atoms with E-state index in [0.717, 1.165) is 38.4 Å². The molecule has 28 heavy (non-hydrogen) atoms. The molecule has 1 aromatic carbocycles. The van der Waals surface area contributed by atoms with Crippen LogP contribution in [0.15, 0.2) is 29.2 Å². The van der Waals surface area contributed by atoms with Gasteiger partial charge in [-0.3, -0.25) is 4.79 Å². The van der Waals surface area contributed by atoms with Crippen LogP contribution < -0.4 is 5.32 Å². The summed E-state index contributed by atoms with van der Waals surface area (Å²) in [6.45, 7) is 0.0141. The second-order valence-corrected chi connectivity index (χ2v) is 12.0. The molecule has 0 spiro atoms. The molecule has 1 unspecified atom stereocenters. The van der Waals surface area contributed by atoms with E-state index in [1.807, 2.05) is 0 Å². The summed E-state index contributed by atoms with van der Waals surface area (Å²) < 4.78 is 47.3. The minimum absolute atomic E-state index is 0.0141. The van der Waals surface area contributed by atoms with Crippen LogP contribution >= 0.6 is 0 Å². The molecule has 2 aliphatic rings. The monoisotopic (exact) mass is 428 g/mol. The van der Waals surface area contributed by atoms with E-state index in [0.29, 0.717) is 12.1 Å². The highest BCUT2D eigenvalue weighted by atomic mass is 32.2. The highest BCUT2D eigenvalue weighted by Gasteiger charge is 2.38. The number of anilines is 1. The first-order chi connectivity index (χ1) is 13.2. The number of amides is 1. The normalized spacial score (nSPS) is 22.7. The zero-order chi connectivity index (χ0) is 20.4. The molecule has 2 fully saturated rings. The number of hydrogen-bond acceptors (Lipinski definition) is 6. The maximum absolute atomic E-state index is 13.0. The van der Waals surface area contributed by atoms with Gasteiger partial charge >= 0.3 is 0 Å². The Morgan fingerprint density at radius 3 is 2.46 bits per heavy atom. The van der Waals surface area contributed by atoms with Crippen molar-refractivity contribution in [1.29, 1.82) is 0 Å². The molecule has 9 heteroatoms. The third-order valence-corrected chi connectivity index (χ3v) is 8.42. The Hall–Kier alpha value is -1.61. The van der Waals surface area contributed by atoms with Crippen LogP contribution in [0.2, 0.25) is 0 Å². The minimum atomic E-state index is -3.33. The lowest BCUT2D eigenvalue weighted by Crippen LogP contribution is -2.50. The van der Waals surface area contributed by atoms with Crippen LogP contribution in [0.3, 0.4) is 0 Å². The van der Waals surface area contributed by atoms with Gasteiger partial charge in [-0.05, 0) is 37.5 Å². The summed E-state index contributed by atoms with van der Waals surface area (Å²) in [5, 5.41) is 3.02. The van der Waals surface area contributed by atoms with Crippen LogP contribution in [0.5, 0.6) is 0 Å². The molecular weight excluding hydrogens is 400 g/mol. The molecule has 1 amide bonds. The van der Waals surface area contributed by atoms with Crippen molar-refractivity contribution in [2.45, 2.75) is 55.5 Å². The summed E-state index contributed by atoms with van der Waals surface area (Å²) in [4.78, 5) is 15.0. The molecule has 1 heterocycles. The molecule has 1 saturated heterocycles. The fourth-order valence-corrected chi connectivity index (χ4v) is 6.54. The van der Waals surface area contributed by atoms with Crippen molar-refractivity contribution < 1.29 is 21.6 Å². The van der Waals surface area contributed by atoms with Gasteiger partial charge in [0, 0.05) is 24.0 Å². The van der Waals surface area contributed by atoms with Gasteiger partial charge in [-0.1, -0.05) is 25.3 Å². The third-order valence-electron chi connectivity index (χ3n) is 5.56. The van der Waals surface area contributed by atoms with Crippen molar-refractivity contribution in [3.8, 4) is 0 Å². The van der Waals surface area contributed by atoms with E-state index in [1.54, 1.807) is 17.0 Å². The predicted molar refractivity (Wildman–Crippen MR) is 109 cm³/mol. The van der Waals surface area contributed by atoms with Gasteiger partial charge in [0.2, 0.25) is 5.91 Å². The van der Waals surface area contributed by atoms with Crippen molar-refractivity contribution >= 4 is 31.3 Å². The second-order valence-electron chi connectivity index (χ2n) is 7.80. The average Bonchev–Trinajstić information content (AvgIpc) is 3.00. The van der Waals surface area contributed by atoms with Gasteiger partial charge in [0.05, 0.1) is 22.9 Å². The highest BCUT2D eigenvalue weighted by Crippen LogP contribution is 2.28. The number of hydrogen-bond donors (Lipinski definition) is 1. The van der Waals surface area contributed by atoms with Crippen molar-refractivity contribution in [2.24, 2.45) is 0 Å². The van der Waals surface area contributed by atoms with Crippen molar-refractivity contribution in [3.63, 3.8) is 0 Å². The van der Waals surface area contributed by atoms with E-state index in [9.17, 15) is 21.6 Å². The van der Waals surface area contributed by atoms with E-state index in [1.165, 1.54) is 12.1 Å². The van der Waals surface area contributed by atoms with Crippen molar-refractivity contribution in [2.75, 3.05) is 29.6 Å². The number of carbonyl (C=O) groups excluding carboxylic acids is 1. The number of rotatable bonds is 6. The summed E-state index contributed by atoms with van der Waals surface area (Å²) in [7, 11) is -6.41.